The van der Waals surface area contributed by atoms with Crippen LogP contribution in [0.5, 0.6) is 5.75 Å². The summed E-state index contributed by atoms with van der Waals surface area (Å²) in [6.45, 7) is 4.98. The lowest BCUT2D eigenvalue weighted by Gasteiger charge is -2.38. The number of alkyl halides is 3. The molecular weight excluding hydrogens is 345 g/mol. The number of rotatable bonds is 2. The quantitative estimate of drug-likeness (QED) is 0.882. The Hall–Kier alpha value is -2.70. The Morgan fingerprint density at radius 1 is 1.15 bits per heavy atom. The van der Waals surface area contributed by atoms with E-state index in [2.05, 4.69) is 5.32 Å². The van der Waals surface area contributed by atoms with Gasteiger partial charge in [-0.15, -0.1) is 0 Å². The smallest absolute Gasteiger partial charge is 0.416 e. The second kappa shape index (κ2) is 5.93. The topological polar surface area (TPSA) is 43.3 Å². The first-order valence-corrected chi connectivity index (χ1v) is 8.08. The number of nitrogens with zero attached hydrogens (tertiary/aromatic N) is 1. The maximum atomic E-state index is 13.4. The average molecular weight is 364 g/mol. The molecule has 1 aliphatic heterocycles. The van der Waals surface area contributed by atoms with E-state index in [-0.39, 0.29) is 16.7 Å². The number of hydrogen-bond donors (Lipinski definition) is 1. The molecule has 0 bridgehead atoms. The SMILES string of the molecule is CNC1=C(n2ccccc2=O)c2c(ccc(C(F)(F)F)c2C)OC1(C)C. The highest BCUT2D eigenvalue weighted by atomic mass is 19.4. The Morgan fingerprint density at radius 3 is 2.42 bits per heavy atom. The van der Waals surface area contributed by atoms with Crippen LogP contribution in [0.3, 0.4) is 0 Å². The molecule has 0 saturated carbocycles. The highest BCUT2D eigenvalue weighted by Crippen LogP contribution is 2.45. The van der Waals surface area contributed by atoms with E-state index >= 15 is 0 Å². The average Bonchev–Trinajstić information content (AvgIpc) is 2.52. The van der Waals surface area contributed by atoms with E-state index in [1.807, 2.05) is 0 Å². The number of benzene rings is 1. The van der Waals surface area contributed by atoms with Crippen LogP contribution in [0.25, 0.3) is 5.70 Å². The summed E-state index contributed by atoms with van der Waals surface area (Å²) in [6, 6.07) is 6.94. The summed E-state index contributed by atoms with van der Waals surface area (Å²) in [5, 5.41) is 3.01. The Bertz CT molecular complexity index is 956. The molecule has 0 saturated heterocycles. The van der Waals surface area contributed by atoms with Crippen molar-refractivity contribution in [2.45, 2.75) is 32.5 Å². The van der Waals surface area contributed by atoms with Gasteiger partial charge in [0.05, 0.1) is 17.0 Å². The highest BCUT2D eigenvalue weighted by molar-refractivity contribution is 5.79. The van der Waals surface area contributed by atoms with Gasteiger partial charge < -0.3 is 10.1 Å². The number of aromatic nitrogens is 1. The zero-order chi connectivity index (χ0) is 19.3. The molecule has 0 atom stereocenters. The maximum Gasteiger partial charge on any atom is 0.416 e. The Morgan fingerprint density at radius 2 is 1.85 bits per heavy atom. The van der Waals surface area contributed by atoms with Crippen molar-refractivity contribution < 1.29 is 17.9 Å². The van der Waals surface area contributed by atoms with Gasteiger partial charge in [-0.1, -0.05) is 6.07 Å². The minimum atomic E-state index is -4.50. The summed E-state index contributed by atoms with van der Waals surface area (Å²) < 4.78 is 47.6. The third kappa shape index (κ3) is 2.77. The first-order valence-electron chi connectivity index (χ1n) is 8.08. The monoisotopic (exact) mass is 364 g/mol. The van der Waals surface area contributed by atoms with Gasteiger partial charge in [0, 0.05) is 24.9 Å². The lowest BCUT2D eigenvalue weighted by atomic mass is 9.90. The Kier molecular flexibility index (Phi) is 4.13. The van der Waals surface area contributed by atoms with Crippen LogP contribution in [-0.2, 0) is 6.18 Å². The molecule has 1 aliphatic rings. The van der Waals surface area contributed by atoms with Crippen LogP contribution in [0.1, 0.15) is 30.5 Å². The summed E-state index contributed by atoms with van der Waals surface area (Å²) in [7, 11) is 1.66. The van der Waals surface area contributed by atoms with Crippen molar-refractivity contribution in [2.24, 2.45) is 0 Å². The van der Waals surface area contributed by atoms with Gasteiger partial charge in [-0.3, -0.25) is 9.36 Å². The minimum Gasteiger partial charge on any atom is -0.481 e. The summed E-state index contributed by atoms with van der Waals surface area (Å²) >= 11 is 0. The molecule has 26 heavy (non-hydrogen) atoms. The van der Waals surface area contributed by atoms with Gasteiger partial charge in [-0.25, -0.2) is 0 Å². The maximum absolute atomic E-state index is 13.4. The normalized spacial score (nSPS) is 16.1. The molecule has 1 aromatic carbocycles. The fraction of sp³-hybridized carbons (Fsp3) is 0.316. The number of fused-ring (bicyclic) bond motifs is 1. The molecule has 0 unspecified atom stereocenters. The van der Waals surface area contributed by atoms with E-state index in [0.29, 0.717) is 17.1 Å². The number of hydrogen-bond acceptors (Lipinski definition) is 3. The minimum absolute atomic E-state index is 0.0176. The van der Waals surface area contributed by atoms with Crippen LogP contribution in [0.15, 0.2) is 47.0 Å². The number of ether oxygens (including phenoxy) is 1. The molecule has 1 aromatic heterocycles. The molecule has 4 nitrogen and oxygen atoms in total. The van der Waals surface area contributed by atoms with E-state index in [1.165, 1.54) is 23.6 Å². The molecule has 3 rings (SSSR count). The molecule has 0 amide bonds. The van der Waals surface area contributed by atoms with E-state index in [0.717, 1.165) is 6.07 Å². The van der Waals surface area contributed by atoms with Crippen molar-refractivity contribution in [3.63, 3.8) is 0 Å². The van der Waals surface area contributed by atoms with E-state index in [4.69, 9.17) is 4.74 Å². The number of pyridine rings is 1. The van der Waals surface area contributed by atoms with Gasteiger partial charge in [0.25, 0.3) is 5.56 Å². The first-order chi connectivity index (χ1) is 12.1. The number of likely N-dealkylation sites (N-methyl/N-ethyl adjacent to an activating group) is 1. The van der Waals surface area contributed by atoms with Gasteiger partial charge in [-0.2, -0.15) is 13.2 Å². The van der Waals surface area contributed by atoms with Gasteiger partial charge >= 0.3 is 6.18 Å². The van der Waals surface area contributed by atoms with Crippen LogP contribution in [0, 0.1) is 6.92 Å². The summed E-state index contributed by atoms with van der Waals surface area (Å²) in [5.41, 5.74) is -0.764. The van der Waals surface area contributed by atoms with Crippen molar-refractivity contribution in [3.8, 4) is 5.75 Å². The van der Waals surface area contributed by atoms with E-state index in [9.17, 15) is 18.0 Å². The summed E-state index contributed by atoms with van der Waals surface area (Å²) in [5.74, 6) is 0.310. The number of halogens is 3. The molecule has 138 valence electrons. The van der Waals surface area contributed by atoms with Crippen molar-refractivity contribution >= 4 is 5.70 Å². The molecule has 7 heteroatoms. The van der Waals surface area contributed by atoms with E-state index in [1.54, 1.807) is 39.2 Å². The lowest BCUT2D eigenvalue weighted by Crippen LogP contribution is -2.42. The molecular formula is C19H19F3N2O2. The van der Waals surface area contributed by atoms with Gasteiger partial charge in [0.1, 0.15) is 11.4 Å². The molecule has 1 N–H and O–H groups in total. The van der Waals surface area contributed by atoms with Gasteiger partial charge in [0.2, 0.25) is 0 Å². The van der Waals surface area contributed by atoms with Crippen molar-refractivity contribution in [1.82, 2.24) is 9.88 Å². The van der Waals surface area contributed by atoms with Crippen molar-refractivity contribution in [3.05, 3.63) is 69.3 Å². The van der Waals surface area contributed by atoms with Gasteiger partial charge in [-0.05, 0) is 44.5 Å². The number of nitrogens with one attached hydrogen (secondary N) is 1. The molecule has 0 spiro atoms. The Labute approximate surface area is 148 Å². The standard InChI is InChI=1S/C19H19F3N2O2/c1-11-12(19(20,21)22)8-9-13-15(11)16(17(23-4)18(2,3)26-13)24-10-6-5-7-14(24)25/h5-10,23H,1-4H3. The molecule has 2 aromatic rings. The molecule has 0 radical (unpaired) electrons. The van der Waals surface area contributed by atoms with Crippen molar-refractivity contribution in [2.75, 3.05) is 7.05 Å². The third-order valence-electron chi connectivity index (χ3n) is 4.49. The predicted octanol–water partition coefficient (Wildman–Crippen LogP) is 3.78. The summed E-state index contributed by atoms with van der Waals surface area (Å²) in [4.78, 5) is 12.4. The zero-order valence-corrected chi connectivity index (χ0v) is 14.9. The lowest BCUT2D eigenvalue weighted by molar-refractivity contribution is -0.138. The van der Waals surface area contributed by atoms with E-state index < -0.39 is 17.3 Å². The van der Waals surface area contributed by atoms with Crippen LogP contribution >= 0.6 is 0 Å². The summed E-state index contributed by atoms with van der Waals surface area (Å²) in [6.07, 6.45) is -2.96. The predicted molar refractivity (Wildman–Crippen MR) is 93.0 cm³/mol. The fourth-order valence-corrected chi connectivity index (χ4v) is 3.38. The molecule has 2 heterocycles. The first kappa shape index (κ1) is 18.1. The third-order valence-corrected chi connectivity index (χ3v) is 4.49. The molecule has 0 fully saturated rings. The largest absolute Gasteiger partial charge is 0.481 e. The second-order valence-corrected chi connectivity index (χ2v) is 6.60. The fourth-order valence-electron chi connectivity index (χ4n) is 3.38. The molecule has 0 aliphatic carbocycles. The second-order valence-electron chi connectivity index (χ2n) is 6.60. The highest BCUT2D eigenvalue weighted by Gasteiger charge is 2.40. The van der Waals surface area contributed by atoms with Crippen LogP contribution in [0.2, 0.25) is 0 Å². The Balaban J connectivity index is 2.45. The zero-order valence-electron chi connectivity index (χ0n) is 14.9. The van der Waals surface area contributed by atoms with Crippen LogP contribution in [0.4, 0.5) is 13.2 Å². The van der Waals surface area contributed by atoms with Crippen LogP contribution < -0.4 is 15.6 Å². The van der Waals surface area contributed by atoms with Crippen LogP contribution in [-0.4, -0.2) is 17.2 Å². The van der Waals surface area contributed by atoms with Gasteiger partial charge in [0.15, 0.2) is 0 Å². The van der Waals surface area contributed by atoms with Crippen molar-refractivity contribution in [1.29, 1.82) is 0 Å².